The Morgan fingerprint density at radius 3 is 2.67 bits per heavy atom. The second-order valence-electron chi connectivity index (χ2n) is 4.69. The molecular formula is C15H21NO2. The van der Waals surface area contributed by atoms with E-state index in [0.29, 0.717) is 0 Å². The molecule has 1 amide bonds. The summed E-state index contributed by atoms with van der Waals surface area (Å²) in [5.41, 5.74) is 1.16. The fraction of sp³-hybridized carbons (Fsp3) is 0.533. The molecule has 0 atom stereocenters. The van der Waals surface area contributed by atoms with Crippen LogP contribution >= 0.6 is 0 Å². The molecule has 0 aliphatic carbocycles. The van der Waals surface area contributed by atoms with Gasteiger partial charge in [-0.05, 0) is 37.3 Å². The maximum Gasteiger partial charge on any atom is 0.260 e. The van der Waals surface area contributed by atoms with Crippen LogP contribution in [0.2, 0.25) is 0 Å². The summed E-state index contributed by atoms with van der Waals surface area (Å²) in [6.45, 7) is 4.03. The fourth-order valence-corrected chi connectivity index (χ4v) is 2.31. The number of aryl methyl sites for hydroxylation is 1. The molecule has 1 aliphatic rings. The summed E-state index contributed by atoms with van der Waals surface area (Å²) in [4.78, 5) is 13.9. The smallest absolute Gasteiger partial charge is 0.260 e. The number of piperidine rings is 1. The summed E-state index contributed by atoms with van der Waals surface area (Å²) < 4.78 is 5.65. The Balaban J connectivity index is 1.88. The van der Waals surface area contributed by atoms with E-state index in [4.69, 9.17) is 4.74 Å². The van der Waals surface area contributed by atoms with Crippen molar-refractivity contribution in [3.05, 3.63) is 29.8 Å². The molecule has 0 aromatic heterocycles. The van der Waals surface area contributed by atoms with Gasteiger partial charge in [0.05, 0.1) is 0 Å². The lowest BCUT2D eigenvalue weighted by Crippen LogP contribution is -2.38. The molecule has 0 spiro atoms. The van der Waals surface area contributed by atoms with Gasteiger partial charge in [-0.1, -0.05) is 25.1 Å². The molecular weight excluding hydrogens is 226 g/mol. The van der Waals surface area contributed by atoms with E-state index in [0.717, 1.165) is 43.7 Å². The molecule has 1 heterocycles. The van der Waals surface area contributed by atoms with E-state index in [2.05, 4.69) is 6.92 Å². The van der Waals surface area contributed by atoms with Crippen molar-refractivity contribution in [2.24, 2.45) is 0 Å². The van der Waals surface area contributed by atoms with Gasteiger partial charge in [-0.3, -0.25) is 4.79 Å². The summed E-state index contributed by atoms with van der Waals surface area (Å²) >= 11 is 0. The maximum absolute atomic E-state index is 12.0. The molecule has 1 aromatic rings. The monoisotopic (exact) mass is 247 g/mol. The minimum absolute atomic E-state index is 0.112. The summed E-state index contributed by atoms with van der Waals surface area (Å²) in [6.07, 6.45) is 4.41. The van der Waals surface area contributed by atoms with Crippen LogP contribution < -0.4 is 4.74 Å². The van der Waals surface area contributed by atoms with Gasteiger partial charge in [-0.15, -0.1) is 0 Å². The predicted octanol–water partition coefficient (Wildman–Crippen LogP) is 2.64. The number of para-hydroxylation sites is 1. The highest BCUT2D eigenvalue weighted by atomic mass is 16.5. The molecule has 3 nitrogen and oxygen atoms in total. The average Bonchev–Trinajstić information content (AvgIpc) is 2.46. The van der Waals surface area contributed by atoms with Gasteiger partial charge in [0.1, 0.15) is 5.75 Å². The van der Waals surface area contributed by atoms with Crippen LogP contribution in [0, 0.1) is 0 Å². The Hall–Kier alpha value is -1.51. The first kappa shape index (κ1) is 12.9. The molecule has 0 radical (unpaired) electrons. The topological polar surface area (TPSA) is 29.5 Å². The van der Waals surface area contributed by atoms with Crippen LogP contribution in [0.4, 0.5) is 0 Å². The molecule has 1 aliphatic heterocycles. The standard InChI is InChI=1S/C15H21NO2/c1-2-13-8-4-5-9-14(13)18-12-15(17)16-10-6-3-7-11-16/h4-5,8-9H,2-3,6-7,10-12H2,1H3. The second-order valence-corrected chi connectivity index (χ2v) is 4.69. The van der Waals surface area contributed by atoms with E-state index >= 15 is 0 Å². The Kier molecular flexibility index (Phi) is 4.62. The molecule has 0 bridgehead atoms. The van der Waals surface area contributed by atoms with E-state index < -0.39 is 0 Å². The number of hydrogen-bond donors (Lipinski definition) is 0. The lowest BCUT2D eigenvalue weighted by Gasteiger charge is -2.26. The van der Waals surface area contributed by atoms with E-state index in [-0.39, 0.29) is 12.5 Å². The van der Waals surface area contributed by atoms with Gasteiger partial charge in [-0.25, -0.2) is 0 Å². The average molecular weight is 247 g/mol. The van der Waals surface area contributed by atoms with Crippen molar-refractivity contribution in [2.45, 2.75) is 32.6 Å². The number of rotatable bonds is 4. The van der Waals surface area contributed by atoms with Gasteiger partial charge < -0.3 is 9.64 Å². The Morgan fingerprint density at radius 2 is 1.94 bits per heavy atom. The molecule has 1 fully saturated rings. The zero-order valence-electron chi connectivity index (χ0n) is 11.0. The number of benzene rings is 1. The molecule has 0 N–H and O–H groups in total. The third-order valence-electron chi connectivity index (χ3n) is 3.41. The van der Waals surface area contributed by atoms with E-state index in [1.165, 1.54) is 6.42 Å². The minimum atomic E-state index is 0.112. The Bertz CT molecular complexity index is 397. The predicted molar refractivity (Wildman–Crippen MR) is 71.7 cm³/mol. The van der Waals surface area contributed by atoms with Crippen LogP contribution in [-0.4, -0.2) is 30.5 Å². The van der Waals surface area contributed by atoms with Crippen molar-refractivity contribution in [3.8, 4) is 5.75 Å². The number of carbonyl (C=O) groups is 1. The number of nitrogens with zero attached hydrogens (tertiary/aromatic N) is 1. The van der Waals surface area contributed by atoms with Crippen LogP contribution in [0.5, 0.6) is 5.75 Å². The van der Waals surface area contributed by atoms with Crippen molar-refractivity contribution >= 4 is 5.91 Å². The highest BCUT2D eigenvalue weighted by Gasteiger charge is 2.17. The van der Waals surface area contributed by atoms with Crippen molar-refractivity contribution in [3.63, 3.8) is 0 Å². The number of hydrogen-bond acceptors (Lipinski definition) is 2. The molecule has 18 heavy (non-hydrogen) atoms. The minimum Gasteiger partial charge on any atom is -0.483 e. The number of carbonyl (C=O) groups excluding carboxylic acids is 1. The van der Waals surface area contributed by atoms with Crippen LogP contribution in [0.3, 0.4) is 0 Å². The van der Waals surface area contributed by atoms with E-state index in [1.807, 2.05) is 29.2 Å². The molecule has 1 saturated heterocycles. The van der Waals surface area contributed by atoms with Crippen molar-refractivity contribution in [1.29, 1.82) is 0 Å². The number of likely N-dealkylation sites (tertiary alicyclic amines) is 1. The molecule has 3 heteroatoms. The molecule has 0 unspecified atom stereocenters. The van der Waals surface area contributed by atoms with Gasteiger partial charge in [0.25, 0.3) is 5.91 Å². The van der Waals surface area contributed by atoms with Gasteiger partial charge >= 0.3 is 0 Å². The molecule has 0 saturated carbocycles. The quantitative estimate of drug-likeness (QED) is 0.818. The third kappa shape index (κ3) is 3.25. The Morgan fingerprint density at radius 1 is 1.22 bits per heavy atom. The molecule has 2 rings (SSSR count). The lowest BCUT2D eigenvalue weighted by atomic mass is 10.1. The van der Waals surface area contributed by atoms with Crippen molar-refractivity contribution in [1.82, 2.24) is 4.90 Å². The van der Waals surface area contributed by atoms with Gasteiger partial charge in [0.2, 0.25) is 0 Å². The highest BCUT2D eigenvalue weighted by molar-refractivity contribution is 5.77. The summed E-state index contributed by atoms with van der Waals surface area (Å²) in [5, 5.41) is 0. The maximum atomic E-state index is 12.0. The largest absolute Gasteiger partial charge is 0.483 e. The fourth-order valence-electron chi connectivity index (χ4n) is 2.31. The van der Waals surface area contributed by atoms with Crippen molar-refractivity contribution < 1.29 is 9.53 Å². The van der Waals surface area contributed by atoms with Crippen LogP contribution in [-0.2, 0) is 11.2 Å². The van der Waals surface area contributed by atoms with Gasteiger partial charge in [0.15, 0.2) is 6.61 Å². The van der Waals surface area contributed by atoms with Crippen LogP contribution in [0.1, 0.15) is 31.7 Å². The third-order valence-corrected chi connectivity index (χ3v) is 3.41. The summed E-state index contributed by atoms with van der Waals surface area (Å²) in [6, 6.07) is 7.92. The SMILES string of the molecule is CCc1ccccc1OCC(=O)N1CCCCC1. The van der Waals surface area contributed by atoms with Crippen LogP contribution in [0.25, 0.3) is 0 Å². The first-order valence-corrected chi connectivity index (χ1v) is 6.79. The normalized spacial score (nSPS) is 15.5. The zero-order valence-corrected chi connectivity index (χ0v) is 11.0. The first-order valence-electron chi connectivity index (χ1n) is 6.79. The lowest BCUT2D eigenvalue weighted by molar-refractivity contribution is -0.134. The van der Waals surface area contributed by atoms with Gasteiger partial charge in [-0.2, -0.15) is 0 Å². The number of amides is 1. The molecule has 98 valence electrons. The highest BCUT2D eigenvalue weighted by Crippen LogP contribution is 2.18. The second kappa shape index (κ2) is 6.43. The first-order chi connectivity index (χ1) is 8.81. The van der Waals surface area contributed by atoms with E-state index in [1.54, 1.807) is 0 Å². The Labute approximate surface area is 109 Å². The zero-order chi connectivity index (χ0) is 12.8. The van der Waals surface area contributed by atoms with E-state index in [9.17, 15) is 4.79 Å². The molecule has 1 aromatic carbocycles. The summed E-state index contributed by atoms with van der Waals surface area (Å²) in [7, 11) is 0. The van der Waals surface area contributed by atoms with Crippen LogP contribution in [0.15, 0.2) is 24.3 Å². The summed E-state index contributed by atoms with van der Waals surface area (Å²) in [5.74, 6) is 0.950. The number of ether oxygens (including phenoxy) is 1. The van der Waals surface area contributed by atoms with Crippen molar-refractivity contribution in [2.75, 3.05) is 19.7 Å². The van der Waals surface area contributed by atoms with Gasteiger partial charge in [0, 0.05) is 13.1 Å².